The summed E-state index contributed by atoms with van der Waals surface area (Å²) in [5, 5.41) is 4.01. The summed E-state index contributed by atoms with van der Waals surface area (Å²) in [4.78, 5) is 0. The van der Waals surface area contributed by atoms with Gasteiger partial charge in [-0.15, -0.1) is 0 Å². The summed E-state index contributed by atoms with van der Waals surface area (Å²) >= 11 is 0. The maximum absolute atomic E-state index is 6.02. The Balaban J connectivity index is 1.75. The Morgan fingerprint density at radius 2 is 1.84 bits per heavy atom. The number of hydrogen-bond donors (Lipinski definition) is 1. The number of anilines is 1. The quantitative estimate of drug-likeness (QED) is 0.888. The molecule has 0 radical (unpaired) electrons. The van der Waals surface area contributed by atoms with E-state index in [9.17, 15) is 0 Å². The van der Waals surface area contributed by atoms with E-state index in [-0.39, 0.29) is 0 Å². The molecule has 2 fully saturated rings. The molecule has 0 aliphatic heterocycles. The van der Waals surface area contributed by atoms with Crippen molar-refractivity contribution in [1.29, 1.82) is 0 Å². The number of aryl methyl sites for hydroxylation is 1. The highest BCUT2D eigenvalue weighted by Crippen LogP contribution is 2.64. The Hall–Kier alpha value is -1.77. The van der Waals surface area contributed by atoms with Gasteiger partial charge in [-0.05, 0) is 37.2 Å². The van der Waals surface area contributed by atoms with Crippen LogP contribution in [0, 0.1) is 18.8 Å². The summed E-state index contributed by atoms with van der Waals surface area (Å²) in [7, 11) is 0. The molecule has 2 unspecified atom stereocenters. The SMILES string of the molecule is Cc1ccc(-c2c(N)noc2C2C3CCCC32)cc1. The third-order valence-electron chi connectivity index (χ3n) is 4.79. The lowest BCUT2D eigenvalue weighted by Gasteiger charge is -2.04. The van der Waals surface area contributed by atoms with Gasteiger partial charge in [-0.25, -0.2) is 0 Å². The van der Waals surface area contributed by atoms with Crippen LogP contribution in [-0.4, -0.2) is 5.16 Å². The van der Waals surface area contributed by atoms with Gasteiger partial charge in [-0.3, -0.25) is 0 Å². The van der Waals surface area contributed by atoms with Crippen molar-refractivity contribution in [2.75, 3.05) is 5.73 Å². The number of nitrogen functional groups attached to an aromatic ring is 1. The van der Waals surface area contributed by atoms with Gasteiger partial charge < -0.3 is 10.3 Å². The molecule has 2 N–H and O–H groups in total. The highest BCUT2D eigenvalue weighted by Gasteiger charge is 2.56. The first-order valence-electron chi connectivity index (χ1n) is 7.08. The molecule has 1 aromatic carbocycles. The van der Waals surface area contributed by atoms with Crippen LogP contribution in [-0.2, 0) is 0 Å². The summed E-state index contributed by atoms with van der Waals surface area (Å²) in [5.41, 5.74) is 9.43. The van der Waals surface area contributed by atoms with Crippen molar-refractivity contribution in [2.45, 2.75) is 32.1 Å². The minimum atomic E-state index is 0.531. The molecule has 0 spiro atoms. The van der Waals surface area contributed by atoms with Crippen LogP contribution in [0.2, 0.25) is 0 Å². The van der Waals surface area contributed by atoms with E-state index >= 15 is 0 Å². The topological polar surface area (TPSA) is 52.0 Å². The molecule has 19 heavy (non-hydrogen) atoms. The van der Waals surface area contributed by atoms with E-state index in [0.29, 0.717) is 11.7 Å². The second-order valence-corrected chi connectivity index (χ2v) is 5.96. The largest absolute Gasteiger partial charge is 0.380 e. The zero-order chi connectivity index (χ0) is 13.0. The first-order valence-corrected chi connectivity index (χ1v) is 7.08. The Kier molecular flexibility index (Phi) is 2.25. The average molecular weight is 254 g/mol. The fourth-order valence-electron chi connectivity index (χ4n) is 3.76. The van der Waals surface area contributed by atoms with Gasteiger partial charge in [0.2, 0.25) is 0 Å². The second-order valence-electron chi connectivity index (χ2n) is 5.96. The van der Waals surface area contributed by atoms with E-state index in [1.54, 1.807) is 0 Å². The lowest BCUT2D eigenvalue weighted by atomic mass is 9.99. The van der Waals surface area contributed by atoms with Gasteiger partial charge in [-0.2, -0.15) is 0 Å². The fourth-order valence-corrected chi connectivity index (χ4v) is 3.76. The third-order valence-corrected chi connectivity index (χ3v) is 4.79. The molecule has 0 amide bonds. The Morgan fingerprint density at radius 1 is 1.16 bits per heavy atom. The highest BCUT2D eigenvalue weighted by molar-refractivity contribution is 5.76. The predicted octanol–water partition coefficient (Wildman–Crippen LogP) is 3.75. The summed E-state index contributed by atoms with van der Waals surface area (Å²) in [5.74, 6) is 3.75. The van der Waals surface area contributed by atoms with Gasteiger partial charge in [0.05, 0.1) is 5.56 Å². The van der Waals surface area contributed by atoms with E-state index in [0.717, 1.165) is 28.7 Å². The molecule has 1 heterocycles. The third kappa shape index (κ3) is 1.61. The standard InChI is InChI=1S/C16H18N2O/c1-9-5-7-10(8-6-9)13-15(19-18-16(13)17)14-11-3-2-4-12(11)14/h5-8,11-12,14H,2-4H2,1H3,(H2,17,18). The summed E-state index contributed by atoms with van der Waals surface area (Å²) in [6.45, 7) is 2.09. The van der Waals surface area contributed by atoms with Crippen LogP contribution in [0.3, 0.4) is 0 Å². The maximum Gasteiger partial charge on any atom is 0.175 e. The van der Waals surface area contributed by atoms with Crippen molar-refractivity contribution < 1.29 is 4.52 Å². The van der Waals surface area contributed by atoms with E-state index < -0.39 is 0 Å². The smallest absolute Gasteiger partial charge is 0.175 e. The van der Waals surface area contributed by atoms with Crippen molar-refractivity contribution in [3.63, 3.8) is 0 Å². The maximum atomic E-state index is 6.02. The summed E-state index contributed by atoms with van der Waals surface area (Å²) in [6.07, 6.45) is 4.04. The van der Waals surface area contributed by atoms with E-state index in [4.69, 9.17) is 10.3 Å². The van der Waals surface area contributed by atoms with Crippen LogP contribution >= 0.6 is 0 Å². The van der Waals surface area contributed by atoms with E-state index in [2.05, 4.69) is 36.3 Å². The first-order chi connectivity index (χ1) is 9.25. The highest BCUT2D eigenvalue weighted by atomic mass is 16.5. The Morgan fingerprint density at radius 3 is 2.53 bits per heavy atom. The normalized spacial score (nSPS) is 28.4. The van der Waals surface area contributed by atoms with Crippen LogP contribution < -0.4 is 5.73 Å². The van der Waals surface area contributed by atoms with Gasteiger partial charge >= 0.3 is 0 Å². The number of aromatic nitrogens is 1. The van der Waals surface area contributed by atoms with Crippen molar-refractivity contribution in [3.05, 3.63) is 35.6 Å². The van der Waals surface area contributed by atoms with E-state index in [1.807, 2.05) is 0 Å². The molecule has 2 aromatic rings. The minimum Gasteiger partial charge on any atom is -0.380 e. The van der Waals surface area contributed by atoms with Gasteiger partial charge in [0, 0.05) is 5.92 Å². The van der Waals surface area contributed by atoms with Gasteiger partial charge in [0.15, 0.2) is 5.82 Å². The van der Waals surface area contributed by atoms with Crippen LogP contribution in [0.25, 0.3) is 11.1 Å². The van der Waals surface area contributed by atoms with Gasteiger partial charge in [-0.1, -0.05) is 41.4 Å². The zero-order valence-electron chi connectivity index (χ0n) is 11.1. The number of nitrogens with two attached hydrogens (primary N) is 1. The number of fused-ring (bicyclic) bond motifs is 1. The number of hydrogen-bond acceptors (Lipinski definition) is 3. The molecule has 98 valence electrons. The molecule has 3 heteroatoms. The molecule has 2 saturated carbocycles. The molecular weight excluding hydrogens is 236 g/mol. The second kappa shape index (κ2) is 3.86. The molecule has 2 atom stereocenters. The Bertz CT molecular complexity index is 604. The lowest BCUT2D eigenvalue weighted by Crippen LogP contribution is -1.92. The summed E-state index contributed by atoms with van der Waals surface area (Å²) in [6, 6.07) is 8.44. The van der Waals surface area contributed by atoms with Crippen LogP contribution in [0.15, 0.2) is 28.8 Å². The summed E-state index contributed by atoms with van der Waals surface area (Å²) < 4.78 is 5.57. The van der Waals surface area contributed by atoms with E-state index in [1.165, 1.54) is 24.8 Å². The zero-order valence-corrected chi connectivity index (χ0v) is 11.1. The van der Waals surface area contributed by atoms with Crippen molar-refractivity contribution in [3.8, 4) is 11.1 Å². The van der Waals surface area contributed by atoms with Crippen LogP contribution in [0.4, 0.5) is 5.82 Å². The monoisotopic (exact) mass is 254 g/mol. The molecule has 1 aromatic heterocycles. The number of benzene rings is 1. The number of nitrogens with zero attached hydrogens (tertiary/aromatic N) is 1. The predicted molar refractivity (Wildman–Crippen MR) is 74.7 cm³/mol. The molecule has 0 bridgehead atoms. The number of rotatable bonds is 2. The molecule has 3 nitrogen and oxygen atoms in total. The average Bonchev–Trinajstić information content (AvgIpc) is 2.78. The fraction of sp³-hybridized carbons (Fsp3) is 0.438. The van der Waals surface area contributed by atoms with Crippen LogP contribution in [0.1, 0.15) is 36.5 Å². The molecule has 4 rings (SSSR count). The first kappa shape index (κ1) is 11.1. The van der Waals surface area contributed by atoms with Crippen molar-refractivity contribution in [2.24, 2.45) is 11.8 Å². The van der Waals surface area contributed by atoms with Crippen molar-refractivity contribution >= 4 is 5.82 Å². The lowest BCUT2D eigenvalue weighted by molar-refractivity contribution is 0.376. The minimum absolute atomic E-state index is 0.531. The molecular formula is C16H18N2O. The molecule has 2 aliphatic rings. The molecule has 0 saturated heterocycles. The Labute approximate surface area is 112 Å². The molecule has 2 aliphatic carbocycles. The van der Waals surface area contributed by atoms with Crippen LogP contribution in [0.5, 0.6) is 0 Å². The van der Waals surface area contributed by atoms with Crippen molar-refractivity contribution in [1.82, 2.24) is 5.16 Å². The van der Waals surface area contributed by atoms with Gasteiger partial charge in [0.1, 0.15) is 5.76 Å². The van der Waals surface area contributed by atoms with Gasteiger partial charge in [0.25, 0.3) is 0 Å².